The number of halogens is 1. The number of rotatable bonds is 6. The molecule has 0 aliphatic heterocycles. The standard InChI is InChI=1S/C17H16BrN5O/c18-15-8-19-16(20-9-15)10-21-17(24)6-14-7-22-23(12-14)11-13-4-2-1-3-5-13/h1-5,7-9,12H,6,10-11H2,(H,21,24). The largest absolute Gasteiger partial charge is 0.349 e. The second-order valence-corrected chi connectivity index (χ2v) is 6.22. The van der Waals surface area contributed by atoms with E-state index in [2.05, 4.69) is 36.3 Å². The van der Waals surface area contributed by atoms with E-state index in [1.54, 1.807) is 18.6 Å². The molecule has 0 saturated carbocycles. The summed E-state index contributed by atoms with van der Waals surface area (Å²) in [6.07, 6.45) is 7.21. The number of carbonyl (C=O) groups is 1. The van der Waals surface area contributed by atoms with Crippen LogP contribution in [-0.2, 0) is 24.3 Å². The van der Waals surface area contributed by atoms with Gasteiger partial charge in [0, 0.05) is 18.6 Å². The van der Waals surface area contributed by atoms with Gasteiger partial charge in [-0.05, 0) is 27.1 Å². The van der Waals surface area contributed by atoms with E-state index < -0.39 is 0 Å². The van der Waals surface area contributed by atoms with Crippen LogP contribution in [0.4, 0.5) is 0 Å². The summed E-state index contributed by atoms with van der Waals surface area (Å²) in [5.74, 6) is 0.493. The van der Waals surface area contributed by atoms with Crippen molar-refractivity contribution in [2.75, 3.05) is 0 Å². The molecule has 1 amide bonds. The Morgan fingerprint density at radius 3 is 2.58 bits per heavy atom. The highest BCUT2D eigenvalue weighted by atomic mass is 79.9. The van der Waals surface area contributed by atoms with E-state index >= 15 is 0 Å². The quantitative estimate of drug-likeness (QED) is 0.706. The van der Waals surface area contributed by atoms with Gasteiger partial charge in [0.1, 0.15) is 5.82 Å². The molecule has 1 N–H and O–H groups in total. The lowest BCUT2D eigenvalue weighted by Gasteiger charge is -2.03. The van der Waals surface area contributed by atoms with Gasteiger partial charge in [-0.25, -0.2) is 9.97 Å². The molecule has 122 valence electrons. The zero-order valence-corrected chi connectivity index (χ0v) is 14.5. The van der Waals surface area contributed by atoms with Crippen LogP contribution < -0.4 is 5.32 Å². The lowest BCUT2D eigenvalue weighted by Crippen LogP contribution is -2.25. The van der Waals surface area contributed by atoms with Gasteiger partial charge in [0.15, 0.2) is 0 Å². The van der Waals surface area contributed by atoms with Gasteiger partial charge in [0.05, 0.1) is 30.2 Å². The van der Waals surface area contributed by atoms with Crippen molar-refractivity contribution in [3.8, 4) is 0 Å². The lowest BCUT2D eigenvalue weighted by atomic mass is 10.2. The van der Waals surface area contributed by atoms with E-state index in [1.165, 1.54) is 5.56 Å². The van der Waals surface area contributed by atoms with Gasteiger partial charge in [0.2, 0.25) is 5.91 Å². The maximum atomic E-state index is 12.0. The summed E-state index contributed by atoms with van der Waals surface area (Å²) in [5, 5.41) is 7.11. The average molecular weight is 386 g/mol. The Bertz CT molecular complexity index is 801. The Morgan fingerprint density at radius 2 is 1.83 bits per heavy atom. The van der Waals surface area contributed by atoms with Gasteiger partial charge in [0.25, 0.3) is 0 Å². The molecular formula is C17H16BrN5O. The molecule has 0 bridgehead atoms. The summed E-state index contributed by atoms with van der Waals surface area (Å²) in [6, 6.07) is 10.1. The van der Waals surface area contributed by atoms with Gasteiger partial charge in [-0.1, -0.05) is 30.3 Å². The number of amides is 1. The number of hydrogen-bond acceptors (Lipinski definition) is 4. The van der Waals surface area contributed by atoms with E-state index in [-0.39, 0.29) is 12.3 Å². The van der Waals surface area contributed by atoms with Crippen molar-refractivity contribution in [2.45, 2.75) is 19.5 Å². The first-order valence-electron chi connectivity index (χ1n) is 7.47. The third kappa shape index (κ3) is 4.73. The highest BCUT2D eigenvalue weighted by Gasteiger charge is 2.07. The molecule has 2 aromatic heterocycles. The minimum atomic E-state index is -0.0826. The van der Waals surface area contributed by atoms with Crippen molar-refractivity contribution in [1.82, 2.24) is 25.1 Å². The van der Waals surface area contributed by atoms with Crippen molar-refractivity contribution < 1.29 is 4.79 Å². The van der Waals surface area contributed by atoms with Crippen molar-refractivity contribution in [2.24, 2.45) is 0 Å². The van der Waals surface area contributed by atoms with Crippen molar-refractivity contribution in [3.63, 3.8) is 0 Å². The van der Waals surface area contributed by atoms with Crippen LogP contribution in [0.15, 0.2) is 59.6 Å². The predicted molar refractivity (Wildman–Crippen MR) is 93.1 cm³/mol. The molecule has 1 aromatic carbocycles. The van der Waals surface area contributed by atoms with Crippen LogP contribution in [0.1, 0.15) is 17.0 Å². The zero-order valence-electron chi connectivity index (χ0n) is 12.9. The first-order valence-corrected chi connectivity index (χ1v) is 8.27. The Hall–Kier alpha value is -2.54. The molecule has 3 rings (SSSR count). The van der Waals surface area contributed by atoms with Gasteiger partial charge >= 0.3 is 0 Å². The molecule has 0 unspecified atom stereocenters. The molecule has 0 radical (unpaired) electrons. The number of nitrogens with zero attached hydrogens (tertiary/aromatic N) is 4. The Kier molecular flexibility index (Phi) is 5.32. The summed E-state index contributed by atoms with van der Waals surface area (Å²) >= 11 is 3.27. The van der Waals surface area contributed by atoms with Crippen LogP contribution in [0, 0.1) is 0 Å². The molecule has 0 aliphatic carbocycles. The monoisotopic (exact) mass is 385 g/mol. The zero-order chi connectivity index (χ0) is 16.8. The predicted octanol–water partition coefficient (Wildman–Crippen LogP) is 2.34. The maximum Gasteiger partial charge on any atom is 0.224 e. The molecule has 0 fully saturated rings. The fraction of sp³-hybridized carbons (Fsp3) is 0.176. The normalized spacial score (nSPS) is 10.5. The van der Waals surface area contributed by atoms with Crippen LogP contribution in [0.3, 0.4) is 0 Å². The van der Waals surface area contributed by atoms with Crippen molar-refractivity contribution >= 4 is 21.8 Å². The van der Waals surface area contributed by atoms with Crippen LogP contribution in [-0.4, -0.2) is 25.7 Å². The Labute approximate surface area is 148 Å². The van der Waals surface area contributed by atoms with Crippen LogP contribution in [0.5, 0.6) is 0 Å². The molecule has 3 aromatic rings. The van der Waals surface area contributed by atoms with Crippen molar-refractivity contribution in [3.05, 3.63) is 76.5 Å². The fourth-order valence-electron chi connectivity index (χ4n) is 2.21. The lowest BCUT2D eigenvalue weighted by molar-refractivity contribution is -0.120. The Morgan fingerprint density at radius 1 is 1.08 bits per heavy atom. The number of carbonyl (C=O) groups excluding carboxylic acids is 1. The van der Waals surface area contributed by atoms with Gasteiger partial charge in [-0.3, -0.25) is 9.48 Å². The fourth-order valence-corrected chi connectivity index (χ4v) is 2.42. The van der Waals surface area contributed by atoms with Gasteiger partial charge in [-0.15, -0.1) is 0 Å². The van der Waals surface area contributed by atoms with E-state index in [4.69, 9.17) is 0 Å². The summed E-state index contributed by atoms with van der Waals surface area (Å²) < 4.78 is 2.64. The third-order valence-electron chi connectivity index (χ3n) is 3.36. The molecule has 0 spiro atoms. The van der Waals surface area contributed by atoms with E-state index in [0.717, 1.165) is 10.0 Å². The molecule has 0 aliphatic rings. The number of nitrogens with one attached hydrogen (secondary N) is 1. The minimum Gasteiger partial charge on any atom is -0.349 e. The summed E-state index contributed by atoms with van der Waals surface area (Å²) in [7, 11) is 0. The van der Waals surface area contributed by atoms with Crippen LogP contribution >= 0.6 is 15.9 Å². The summed E-state index contributed by atoms with van der Waals surface area (Å²) in [6.45, 7) is 0.999. The topological polar surface area (TPSA) is 72.7 Å². The molecule has 0 saturated heterocycles. The van der Waals surface area contributed by atoms with Crippen molar-refractivity contribution in [1.29, 1.82) is 0 Å². The van der Waals surface area contributed by atoms with E-state index in [0.29, 0.717) is 18.9 Å². The highest BCUT2D eigenvalue weighted by Crippen LogP contribution is 2.06. The van der Waals surface area contributed by atoms with E-state index in [9.17, 15) is 4.79 Å². The van der Waals surface area contributed by atoms with E-state index in [1.807, 2.05) is 41.2 Å². The maximum absolute atomic E-state index is 12.0. The summed E-state index contributed by atoms with van der Waals surface area (Å²) in [4.78, 5) is 20.2. The van der Waals surface area contributed by atoms with Gasteiger partial charge in [-0.2, -0.15) is 5.10 Å². The number of hydrogen-bond donors (Lipinski definition) is 1. The summed E-state index contributed by atoms with van der Waals surface area (Å²) in [5.41, 5.74) is 2.05. The molecule has 6 nitrogen and oxygen atoms in total. The Balaban J connectivity index is 1.50. The molecular weight excluding hydrogens is 370 g/mol. The smallest absolute Gasteiger partial charge is 0.224 e. The third-order valence-corrected chi connectivity index (χ3v) is 3.77. The first kappa shape index (κ1) is 16.3. The van der Waals surface area contributed by atoms with Gasteiger partial charge < -0.3 is 5.32 Å². The molecule has 7 heteroatoms. The van der Waals surface area contributed by atoms with Crippen LogP contribution in [0.2, 0.25) is 0 Å². The number of aromatic nitrogens is 4. The first-order chi connectivity index (χ1) is 11.7. The average Bonchev–Trinajstić information content (AvgIpc) is 3.02. The molecule has 0 atom stereocenters. The highest BCUT2D eigenvalue weighted by molar-refractivity contribution is 9.10. The molecule has 2 heterocycles. The minimum absolute atomic E-state index is 0.0826. The second-order valence-electron chi connectivity index (χ2n) is 5.30. The second kappa shape index (κ2) is 7.83. The number of benzene rings is 1. The SMILES string of the molecule is O=C(Cc1cnn(Cc2ccccc2)c1)NCc1ncc(Br)cn1. The molecule has 24 heavy (non-hydrogen) atoms. The van der Waals surface area contributed by atoms with Crippen LogP contribution in [0.25, 0.3) is 0 Å².